The highest BCUT2D eigenvalue weighted by Crippen LogP contribution is 2.65. The van der Waals surface area contributed by atoms with E-state index in [4.69, 9.17) is 10.2 Å². The number of hydrogen-bond acceptors (Lipinski definition) is 4. The van der Waals surface area contributed by atoms with Crippen LogP contribution in [0.5, 0.6) is 0 Å². The molecule has 0 aromatic carbocycles. The largest absolute Gasteiger partial charge is 0.481 e. The van der Waals surface area contributed by atoms with Crippen LogP contribution in [0, 0.1) is 28.6 Å². The van der Waals surface area contributed by atoms with Gasteiger partial charge in [0.1, 0.15) is 0 Å². The summed E-state index contributed by atoms with van der Waals surface area (Å²) in [5.74, 6) is 0.834. The maximum atomic E-state index is 11.8. The predicted octanol–water partition coefficient (Wildman–Crippen LogP) is 4.60. The van der Waals surface area contributed by atoms with Crippen molar-refractivity contribution in [3.05, 3.63) is 11.6 Å². The molecule has 3 saturated carbocycles. The number of aliphatic hydroxyl groups excluding tert-OH is 1. The average molecular weight is 435 g/mol. The van der Waals surface area contributed by atoms with Crippen molar-refractivity contribution in [2.45, 2.75) is 97.0 Å². The molecule has 31 heavy (non-hydrogen) atoms. The molecular weight excluding hydrogens is 396 g/mol. The van der Waals surface area contributed by atoms with Crippen LogP contribution in [0.1, 0.15) is 90.9 Å². The first-order valence-electron chi connectivity index (χ1n) is 11.9. The van der Waals surface area contributed by atoms with Gasteiger partial charge in [0.25, 0.3) is 0 Å². The maximum Gasteiger partial charge on any atom is 0.303 e. The average Bonchev–Trinajstić information content (AvgIpc) is 3.01. The summed E-state index contributed by atoms with van der Waals surface area (Å²) in [4.78, 5) is 31.6. The Kier molecular flexibility index (Phi) is 7.29. The summed E-state index contributed by atoms with van der Waals surface area (Å²) >= 11 is 0. The minimum absolute atomic E-state index is 0.0628. The monoisotopic (exact) mass is 434 g/mol. The zero-order valence-corrected chi connectivity index (χ0v) is 18.9. The molecule has 3 N–H and O–H groups in total. The molecule has 0 spiro atoms. The summed E-state index contributed by atoms with van der Waals surface area (Å²) in [6.45, 7) is 4.76. The Labute approximate surface area is 185 Å². The molecule has 0 bridgehead atoms. The number of carboxylic acids is 2. The number of hydrogen-bond donors (Lipinski definition) is 3. The maximum absolute atomic E-state index is 11.8. The molecule has 0 saturated heterocycles. The second-order valence-corrected chi connectivity index (χ2v) is 10.6. The molecule has 0 aromatic heterocycles. The zero-order valence-electron chi connectivity index (χ0n) is 18.9. The first-order chi connectivity index (χ1) is 14.6. The second kappa shape index (κ2) is 9.43. The lowest BCUT2D eigenvalue weighted by Crippen LogP contribution is -2.51. The standard InChI is InChI=1S/C19H28O2.C6H10O4/c1-18-9-7-13(20)11-12(18)3-4-14-15-5-6-17(21)19(15,2)10-8-16(14)18;7-5(8)3-1-2-4-6(9)10/h11,14-17,21H,3-10H2,1-2H3;1-4H2,(H,7,8)(H,9,10)/t14-,15-,16-,17-,18-,19-;/m0./s1. The lowest BCUT2D eigenvalue weighted by Gasteiger charge is -2.57. The van der Waals surface area contributed by atoms with Crippen LogP contribution in [0.3, 0.4) is 0 Å². The topological polar surface area (TPSA) is 112 Å². The summed E-state index contributed by atoms with van der Waals surface area (Å²) in [6.07, 6.45) is 11.7. The number of rotatable bonds is 5. The molecule has 4 rings (SSSR count). The predicted molar refractivity (Wildman–Crippen MR) is 116 cm³/mol. The van der Waals surface area contributed by atoms with Gasteiger partial charge in [-0.15, -0.1) is 0 Å². The SMILES string of the molecule is C[C@]12CC[C@H]3[C@@H](CCC4=CC(=O)CC[C@@]43C)[C@@H]1CC[C@@H]2O.O=C(O)CCCCC(=O)O. The fourth-order valence-electron chi connectivity index (χ4n) is 7.08. The smallest absolute Gasteiger partial charge is 0.303 e. The van der Waals surface area contributed by atoms with Gasteiger partial charge in [-0.25, -0.2) is 0 Å². The van der Waals surface area contributed by atoms with Gasteiger partial charge in [-0.1, -0.05) is 19.4 Å². The van der Waals surface area contributed by atoms with Crippen molar-refractivity contribution in [3.8, 4) is 0 Å². The minimum atomic E-state index is -0.870. The van der Waals surface area contributed by atoms with Crippen molar-refractivity contribution in [3.63, 3.8) is 0 Å². The molecule has 4 aliphatic rings. The highest BCUT2D eigenvalue weighted by molar-refractivity contribution is 5.91. The van der Waals surface area contributed by atoms with Gasteiger partial charge in [0.15, 0.2) is 5.78 Å². The van der Waals surface area contributed by atoms with Crippen LogP contribution in [-0.2, 0) is 14.4 Å². The number of ketones is 1. The summed E-state index contributed by atoms with van der Waals surface area (Å²) in [6, 6.07) is 0. The first-order valence-corrected chi connectivity index (χ1v) is 11.9. The van der Waals surface area contributed by atoms with Crippen LogP contribution in [0.4, 0.5) is 0 Å². The van der Waals surface area contributed by atoms with Gasteiger partial charge in [0.2, 0.25) is 0 Å². The van der Waals surface area contributed by atoms with Gasteiger partial charge in [-0.3, -0.25) is 14.4 Å². The summed E-state index contributed by atoms with van der Waals surface area (Å²) in [5.41, 5.74) is 1.89. The van der Waals surface area contributed by atoms with Gasteiger partial charge in [-0.2, -0.15) is 0 Å². The third kappa shape index (κ3) is 4.89. The third-order valence-electron chi connectivity index (χ3n) is 8.94. The Hall–Kier alpha value is -1.69. The molecule has 0 unspecified atom stereocenters. The van der Waals surface area contributed by atoms with Crippen LogP contribution < -0.4 is 0 Å². The third-order valence-corrected chi connectivity index (χ3v) is 8.94. The summed E-state index contributed by atoms with van der Waals surface area (Å²) < 4.78 is 0. The molecule has 6 nitrogen and oxygen atoms in total. The second-order valence-electron chi connectivity index (χ2n) is 10.6. The number of fused-ring (bicyclic) bond motifs is 5. The number of carbonyl (C=O) groups excluding carboxylic acids is 1. The molecule has 3 fully saturated rings. The fraction of sp³-hybridized carbons (Fsp3) is 0.800. The van der Waals surface area contributed by atoms with E-state index in [2.05, 4.69) is 13.8 Å². The molecule has 6 heteroatoms. The Morgan fingerprint density at radius 2 is 1.58 bits per heavy atom. The molecule has 0 aliphatic heterocycles. The number of aliphatic hydroxyl groups is 1. The van der Waals surface area contributed by atoms with Crippen molar-refractivity contribution in [1.29, 1.82) is 0 Å². The molecule has 0 aromatic rings. The molecule has 6 atom stereocenters. The van der Waals surface area contributed by atoms with Crippen LogP contribution >= 0.6 is 0 Å². The summed E-state index contributed by atoms with van der Waals surface area (Å²) in [5, 5.41) is 26.7. The van der Waals surface area contributed by atoms with Crippen LogP contribution in [0.15, 0.2) is 11.6 Å². The molecule has 0 heterocycles. The van der Waals surface area contributed by atoms with E-state index >= 15 is 0 Å². The van der Waals surface area contributed by atoms with E-state index in [-0.39, 0.29) is 29.8 Å². The van der Waals surface area contributed by atoms with Crippen LogP contribution in [-0.4, -0.2) is 39.1 Å². The van der Waals surface area contributed by atoms with E-state index in [9.17, 15) is 19.5 Å². The van der Waals surface area contributed by atoms with Gasteiger partial charge in [-0.05, 0) is 92.4 Å². The number of aliphatic carboxylic acids is 2. The fourth-order valence-corrected chi connectivity index (χ4v) is 7.08. The van der Waals surface area contributed by atoms with E-state index in [1.165, 1.54) is 31.3 Å². The van der Waals surface area contributed by atoms with Crippen molar-refractivity contribution in [2.75, 3.05) is 0 Å². The first kappa shape index (κ1) is 24.0. The quantitative estimate of drug-likeness (QED) is 0.546. The van der Waals surface area contributed by atoms with Crippen LogP contribution in [0.25, 0.3) is 0 Å². The Morgan fingerprint density at radius 1 is 0.935 bits per heavy atom. The van der Waals surface area contributed by atoms with Crippen LogP contribution in [0.2, 0.25) is 0 Å². The lowest BCUT2D eigenvalue weighted by atomic mass is 9.47. The Bertz CT molecular complexity index is 726. The van der Waals surface area contributed by atoms with E-state index < -0.39 is 11.9 Å². The molecular formula is C25H38O6. The number of carboxylic acid groups (broad SMARTS) is 2. The van der Waals surface area contributed by atoms with Crippen molar-refractivity contribution in [2.24, 2.45) is 28.6 Å². The van der Waals surface area contributed by atoms with Crippen molar-refractivity contribution < 1.29 is 29.7 Å². The van der Waals surface area contributed by atoms with Gasteiger partial charge in [0.05, 0.1) is 6.10 Å². The Morgan fingerprint density at radius 3 is 2.19 bits per heavy atom. The normalized spacial score (nSPS) is 38.7. The highest BCUT2D eigenvalue weighted by atomic mass is 16.4. The van der Waals surface area contributed by atoms with Crippen molar-refractivity contribution in [1.82, 2.24) is 0 Å². The number of unbranched alkanes of at least 4 members (excludes halogenated alkanes) is 1. The van der Waals surface area contributed by atoms with Crippen molar-refractivity contribution >= 4 is 17.7 Å². The van der Waals surface area contributed by atoms with Gasteiger partial charge < -0.3 is 15.3 Å². The van der Waals surface area contributed by atoms with E-state index in [0.717, 1.165) is 37.5 Å². The number of carbonyl (C=O) groups is 3. The van der Waals surface area contributed by atoms with E-state index in [1.54, 1.807) is 0 Å². The van der Waals surface area contributed by atoms with Gasteiger partial charge in [0, 0.05) is 19.3 Å². The van der Waals surface area contributed by atoms with E-state index in [0.29, 0.717) is 24.5 Å². The molecule has 174 valence electrons. The molecule has 0 amide bonds. The molecule has 4 aliphatic carbocycles. The molecule has 0 radical (unpaired) electrons. The van der Waals surface area contributed by atoms with E-state index in [1.807, 2.05) is 6.08 Å². The lowest BCUT2D eigenvalue weighted by molar-refractivity contribution is -0.139. The Balaban J connectivity index is 0.000000233. The highest BCUT2D eigenvalue weighted by Gasteiger charge is 2.58. The zero-order chi connectivity index (χ0) is 22.8. The van der Waals surface area contributed by atoms with Gasteiger partial charge >= 0.3 is 11.9 Å². The summed E-state index contributed by atoms with van der Waals surface area (Å²) in [7, 11) is 0. The minimum Gasteiger partial charge on any atom is -0.481 e. The number of allylic oxidation sites excluding steroid dienone is 1.